The van der Waals surface area contributed by atoms with Crippen molar-refractivity contribution in [2.24, 2.45) is 10.9 Å². The van der Waals surface area contributed by atoms with Crippen LogP contribution in [0.1, 0.15) is 6.92 Å². The smallest absolute Gasteiger partial charge is 0.279 e. The maximum Gasteiger partial charge on any atom is 0.279 e. The Hall–Kier alpha value is -0.940. The van der Waals surface area contributed by atoms with Crippen molar-refractivity contribution in [2.75, 3.05) is 46.4 Å². The summed E-state index contributed by atoms with van der Waals surface area (Å²) in [6.07, 6.45) is 0. The zero-order valence-corrected chi connectivity index (χ0v) is 12.6. The summed E-state index contributed by atoms with van der Waals surface area (Å²) in [6.45, 7) is 4.19. The fourth-order valence-corrected chi connectivity index (χ4v) is 3.13. The van der Waals surface area contributed by atoms with Gasteiger partial charge in [-0.1, -0.05) is 5.16 Å². The third kappa shape index (κ3) is 4.56. The highest BCUT2D eigenvalue weighted by atomic mass is 32.2. The maximum atomic E-state index is 12.0. The first kappa shape index (κ1) is 17.1. The predicted molar refractivity (Wildman–Crippen MR) is 74.8 cm³/mol. The molecule has 1 saturated heterocycles. The fourth-order valence-electron chi connectivity index (χ4n) is 1.97. The summed E-state index contributed by atoms with van der Waals surface area (Å²) < 4.78 is 32.6. The van der Waals surface area contributed by atoms with Crippen molar-refractivity contribution in [3.8, 4) is 0 Å². The predicted octanol–water partition coefficient (Wildman–Crippen LogP) is -1.78. The van der Waals surface area contributed by atoms with Gasteiger partial charge in [0, 0.05) is 39.8 Å². The average Bonchev–Trinajstić information content (AvgIpc) is 2.46. The molecule has 1 fully saturated rings. The van der Waals surface area contributed by atoms with E-state index < -0.39 is 10.2 Å². The molecule has 10 heteroatoms. The first-order valence-corrected chi connectivity index (χ1v) is 7.81. The minimum Gasteiger partial charge on any atom is -0.409 e. The largest absolute Gasteiger partial charge is 0.409 e. The topological polar surface area (TPSA) is 120 Å². The number of nitrogens with zero attached hydrogens (tertiary/aromatic N) is 3. The van der Waals surface area contributed by atoms with Gasteiger partial charge in [0.25, 0.3) is 10.2 Å². The van der Waals surface area contributed by atoms with E-state index in [1.807, 2.05) is 11.8 Å². The number of hydrogen-bond donors (Lipinski definition) is 3. The van der Waals surface area contributed by atoms with Gasteiger partial charge >= 0.3 is 0 Å². The summed E-state index contributed by atoms with van der Waals surface area (Å²) in [7, 11) is -1.95. The zero-order chi connectivity index (χ0) is 15.2. The summed E-state index contributed by atoms with van der Waals surface area (Å²) in [4.78, 5) is 1.97. The molecule has 118 valence electrons. The number of nitrogens with one attached hydrogen (secondary N) is 1. The molecule has 0 spiro atoms. The molecule has 0 aliphatic carbocycles. The van der Waals surface area contributed by atoms with Crippen LogP contribution in [0.4, 0.5) is 0 Å². The lowest BCUT2D eigenvalue weighted by molar-refractivity contribution is 0.169. The molecule has 9 nitrogen and oxygen atoms in total. The summed E-state index contributed by atoms with van der Waals surface area (Å²) in [5, 5.41) is 11.6. The number of amidine groups is 1. The van der Waals surface area contributed by atoms with Gasteiger partial charge in [0.15, 0.2) is 5.84 Å². The SMILES string of the molecule is COCCNS(=O)(=O)N1CCN(C(C)C(N)=NO)CC1. The maximum absolute atomic E-state index is 12.0. The number of hydrogen-bond acceptors (Lipinski definition) is 6. The van der Waals surface area contributed by atoms with Gasteiger partial charge in [-0.15, -0.1) is 0 Å². The van der Waals surface area contributed by atoms with Gasteiger partial charge in [0.05, 0.1) is 12.6 Å². The number of ether oxygens (including phenoxy) is 1. The molecule has 20 heavy (non-hydrogen) atoms. The molecule has 0 aromatic heterocycles. The van der Waals surface area contributed by atoms with Crippen LogP contribution < -0.4 is 10.5 Å². The Morgan fingerprint density at radius 3 is 2.55 bits per heavy atom. The molecule has 1 aliphatic rings. The molecular formula is C10H23N5O4S. The van der Waals surface area contributed by atoms with Gasteiger partial charge in [0.2, 0.25) is 0 Å². The number of nitrogens with two attached hydrogens (primary N) is 1. The highest BCUT2D eigenvalue weighted by Gasteiger charge is 2.29. The second-order valence-corrected chi connectivity index (χ2v) is 6.28. The van der Waals surface area contributed by atoms with E-state index in [4.69, 9.17) is 15.7 Å². The Labute approximate surface area is 119 Å². The molecule has 1 atom stereocenters. The first-order valence-electron chi connectivity index (χ1n) is 6.37. The molecule has 0 amide bonds. The summed E-state index contributed by atoms with van der Waals surface area (Å²) >= 11 is 0. The number of rotatable bonds is 7. The van der Waals surface area contributed by atoms with E-state index in [0.717, 1.165) is 0 Å². The van der Waals surface area contributed by atoms with Crippen molar-refractivity contribution in [3.63, 3.8) is 0 Å². The van der Waals surface area contributed by atoms with Crippen molar-refractivity contribution >= 4 is 16.0 Å². The Morgan fingerprint density at radius 2 is 2.05 bits per heavy atom. The van der Waals surface area contributed by atoms with Gasteiger partial charge in [-0.2, -0.15) is 17.4 Å². The molecule has 1 aliphatic heterocycles. The van der Waals surface area contributed by atoms with Gasteiger partial charge < -0.3 is 15.7 Å². The van der Waals surface area contributed by atoms with E-state index >= 15 is 0 Å². The third-order valence-corrected chi connectivity index (χ3v) is 4.91. The quantitative estimate of drug-likeness (QED) is 0.168. The molecule has 0 saturated carbocycles. The first-order chi connectivity index (χ1) is 9.42. The van der Waals surface area contributed by atoms with E-state index in [1.54, 1.807) is 0 Å². The van der Waals surface area contributed by atoms with Crippen LogP contribution in [-0.4, -0.2) is 81.1 Å². The molecule has 1 heterocycles. The monoisotopic (exact) mass is 309 g/mol. The molecular weight excluding hydrogens is 286 g/mol. The average molecular weight is 309 g/mol. The summed E-state index contributed by atoms with van der Waals surface area (Å²) in [5.41, 5.74) is 5.55. The molecule has 1 rings (SSSR count). The highest BCUT2D eigenvalue weighted by molar-refractivity contribution is 7.87. The van der Waals surface area contributed by atoms with Crippen LogP contribution in [0.25, 0.3) is 0 Å². The lowest BCUT2D eigenvalue weighted by Gasteiger charge is -2.36. The second-order valence-electron chi connectivity index (χ2n) is 4.53. The molecule has 1 unspecified atom stereocenters. The van der Waals surface area contributed by atoms with Crippen molar-refractivity contribution in [3.05, 3.63) is 0 Å². The van der Waals surface area contributed by atoms with Crippen LogP contribution in [0.5, 0.6) is 0 Å². The minimum atomic E-state index is -3.46. The lowest BCUT2D eigenvalue weighted by Crippen LogP contribution is -2.56. The molecule has 0 radical (unpaired) electrons. The van der Waals surface area contributed by atoms with Crippen LogP contribution in [0.3, 0.4) is 0 Å². The van der Waals surface area contributed by atoms with Gasteiger partial charge in [0.1, 0.15) is 0 Å². The van der Waals surface area contributed by atoms with E-state index in [-0.39, 0.29) is 18.4 Å². The number of oxime groups is 1. The summed E-state index contributed by atoms with van der Waals surface area (Å²) in [6, 6.07) is -0.216. The standard InChI is InChI=1S/C10H23N5O4S/c1-9(10(11)13-16)14-4-6-15(7-5-14)20(17,18)12-3-8-19-2/h9,12,16H,3-8H2,1-2H3,(H2,11,13). The second kappa shape index (κ2) is 7.74. The van der Waals surface area contributed by atoms with Crippen molar-refractivity contribution in [2.45, 2.75) is 13.0 Å². The van der Waals surface area contributed by atoms with Crippen LogP contribution >= 0.6 is 0 Å². The summed E-state index contributed by atoms with van der Waals surface area (Å²) in [5.74, 6) is 0.125. The molecule has 0 aromatic carbocycles. The van der Waals surface area contributed by atoms with Crippen molar-refractivity contribution < 1.29 is 18.4 Å². The van der Waals surface area contributed by atoms with E-state index in [9.17, 15) is 8.42 Å². The van der Waals surface area contributed by atoms with Gasteiger partial charge in [-0.05, 0) is 6.92 Å². The molecule has 0 bridgehead atoms. The van der Waals surface area contributed by atoms with E-state index in [0.29, 0.717) is 32.8 Å². The van der Waals surface area contributed by atoms with Crippen molar-refractivity contribution in [1.82, 2.24) is 13.9 Å². The van der Waals surface area contributed by atoms with Crippen LogP contribution in [-0.2, 0) is 14.9 Å². The van der Waals surface area contributed by atoms with Crippen molar-refractivity contribution in [1.29, 1.82) is 0 Å². The number of methoxy groups -OCH3 is 1. The molecule has 0 aromatic rings. The van der Waals surface area contributed by atoms with Crippen LogP contribution in [0.15, 0.2) is 5.16 Å². The Bertz CT molecular complexity index is 419. The van der Waals surface area contributed by atoms with Gasteiger partial charge in [-0.25, -0.2) is 0 Å². The van der Waals surface area contributed by atoms with Crippen LogP contribution in [0, 0.1) is 0 Å². The zero-order valence-electron chi connectivity index (χ0n) is 11.8. The Balaban J connectivity index is 2.49. The third-order valence-electron chi connectivity index (χ3n) is 3.30. The van der Waals surface area contributed by atoms with Crippen LogP contribution in [0.2, 0.25) is 0 Å². The minimum absolute atomic E-state index is 0.125. The van der Waals surface area contributed by atoms with E-state index in [2.05, 4.69) is 9.88 Å². The van der Waals surface area contributed by atoms with Gasteiger partial charge in [-0.3, -0.25) is 4.90 Å². The Morgan fingerprint density at radius 1 is 1.45 bits per heavy atom. The fraction of sp³-hybridized carbons (Fsp3) is 0.900. The number of piperazine rings is 1. The van der Waals surface area contributed by atoms with E-state index in [1.165, 1.54) is 11.4 Å². The molecule has 4 N–H and O–H groups in total. The Kier molecular flexibility index (Phi) is 6.62. The normalized spacial score (nSPS) is 21.0. The highest BCUT2D eigenvalue weighted by Crippen LogP contribution is 2.09. The lowest BCUT2D eigenvalue weighted by atomic mass is 10.2.